The van der Waals surface area contributed by atoms with Crippen molar-refractivity contribution < 1.29 is 9.53 Å². The van der Waals surface area contributed by atoms with Gasteiger partial charge in [-0.1, -0.05) is 29.8 Å². The average Bonchev–Trinajstić information content (AvgIpc) is 2.73. The third-order valence-corrected chi connectivity index (χ3v) is 4.59. The van der Waals surface area contributed by atoms with Gasteiger partial charge < -0.3 is 10.1 Å². The van der Waals surface area contributed by atoms with Crippen molar-refractivity contribution >= 4 is 35.2 Å². The fraction of sp³-hybridized carbons (Fsp3) is 0.217. The van der Waals surface area contributed by atoms with E-state index in [1.54, 1.807) is 31.4 Å². The lowest BCUT2D eigenvalue weighted by atomic mass is 10.1. The molecule has 0 aliphatic heterocycles. The second-order valence-corrected chi connectivity index (χ2v) is 7.45. The van der Waals surface area contributed by atoms with Crippen LogP contribution < -0.4 is 20.7 Å². The van der Waals surface area contributed by atoms with Crippen LogP contribution in [0.3, 0.4) is 0 Å². The number of anilines is 2. The molecule has 0 fully saturated rings. The van der Waals surface area contributed by atoms with Crippen molar-refractivity contribution in [2.75, 3.05) is 24.3 Å². The van der Waals surface area contributed by atoms with Crippen molar-refractivity contribution in [3.8, 4) is 5.75 Å². The lowest BCUT2D eigenvalue weighted by Gasteiger charge is -2.12. The Morgan fingerprint density at radius 3 is 2.41 bits per heavy atom. The summed E-state index contributed by atoms with van der Waals surface area (Å²) in [7, 11) is 1.63. The molecule has 3 rings (SSSR count). The van der Waals surface area contributed by atoms with Crippen molar-refractivity contribution in [2.24, 2.45) is 4.99 Å². The standard InChI is InChI=1S/C23H25ClN6O2/c1-15-13-16(2)27-22(26-15)29-21(25-12-11-17-7-9-20(32-3)10-8-17)30-23(31)28-19-6-4-5-18(24)14-19/h4-10,13-14H,11-12H2,1-3H3,(H3,25,26,27,28,29,30,31). The molecule has 0 aliphatic rings. The van der Waals surface area contributed by atoms with Crippen LogP contribution in [0, 0.1) is 13.8 Å². The van der Waals surface area contributed by atoms with Crippen LogP contribution >= 0.6 is 11.6 Å². The largest absolute Gasteiger partial charge is 0.497 e. The third kappa shape index (κ3) is 7.24. The molecule has 8 nitrogen and oxygen atoms in total. The van der Waals surface area contributed by atoms with Gasteiger partial charge in [0, 0.05) is 28.6 Å². The number of guanidine groups is 1. The number of hydrogen-bond acceptors (Lipinski definition) is 5. The van der Waals surface area contributed by atoms with Crippen molar-refractivity contribution in [1.82, 2.24) is 15.3 Å². The first-order valence-corrected chi connectivity index (χ1v) is 10.4. The molecule has 0 atom stereocenters. The molecule has 0 radical (unpaired) electrons. The minimum absolute atomic E-state index is 0.239. The number of aryl methyl sites for hydroxylation is 2. The molecule has 3 aromatic rings. The van der Waals surface area contributed by atoms with E-state index in [1.807, 2.05) is 44.2 Å². The van der Waals surface area contributed by atoms with Gasteiger partial charge in [0.25, 0.3) is 0 Å². The van der Waals surface area contributed by atoms with Gasteiger partial charge in [0.2, 0.25) is 11.9 Å². The van der Waals surface area contributed by atoms with Gasteiger partial charge in [0.1, 0.15) is 5.75 Å². The van der Waals surface area contributed by atoms with E-state index in [9.17, 15) is 4.79 Å². The van der Waals surface area contributed by atoms with E-state index in [-0.39, 0.29) is 5.96 Å². The summed E-state index contributed by atoms with van der Waals surface area (Å²) in [6, 6.07) is 16.0. The molecule has 32 heavy (non-hydrogen) atoms. The maximum absolute atomic E-state index is 12.5. The van der Waals surface area contributed by atoms with Gasteiger partial charge in [-0.2, -0.15) is 0 Å². The van der Waals surface area contributed by atoms with Crippen molar-refractivity contribution in [3.63, 3.8) is 0 Å². The fourth-order valence-electron chi connectivity index (χ4n) is 2.92. The number of rotatable bonds is 6. The summed E-state index contributed by atoms with van der Waals surface area (Å²) in [6.45, 7) is 4.19. The first kappa shape index (κ1) is 23.0. The lowest BCUT2D eigenvalue weighted by molar-refractivity contribution is 0.256. The van der Waals surface area contributed by atoms with Gasteiger partial charge in [0.05, 0.1) is 7.11 Å². The van der Waals surface area contributed by atoms with Crippen LogP contribution in [0.15, 0.2) is 59.6 Å². The van der Waals surface area contributed by atoms with E-state index >= 15 is 0 Å². The molecule has 2 amide bonds. The molecular formula is C23H25ClN6O2. The number of nitrogens with one attached hydrogen (secondary N) is 3. The molecule has 0 aliphatic carbocycles. The van der Waals surface area contributed by atoms with E-state index < -0.39 is 6.03 Å². The Hall–Kier alpha value is -3.65. The molecule has 166 valence electrons. The van der Waals surface area contributed by atoms with Crippen LogP contribution in [0.25, 0.3) is 0 Å². The zero-order valence-electron chi connectivity index (χ0n) is 18.1. The summed E-state index contributed by atoms with van der Waals surface area (Å²) in [4.78, 5) is 25.7. The van der Waals surface area contributed by atoms with Crippen LogP contribution in [0.5, 0.6) is 5.75 Å². The Kier molecular flexibility index (Phi) is 7.99. The number of carbonyl (C=O) groups is 1. The highest BCUT2D eigenvalue weighted by Gasteiger charge is 2.10. The minimum Gasteiger partial charge on any atom is -0.497 e. The molecule has 3 N–H and O–H groups in total. The molecule has 0 unspecified atom stereocenters. The molecule has 0 saturated heterocycles. The number of carbonyl (C=O) groups excluding carboxylic acids is 1. The van der Waals surface area contributed by atoms with Gasteiger partial charge in [-0.25, -0.2) is 14.8 Å². The summed E-state index contributed by atoms with van der Waals surface area (Å²) in [5.41, 5.74) is 3.28. The number of urea groups is 1. The second-order valence-electron chi connectivity index (χ2n) is 7.02. The number of nitrogens with zero attached hydrogens (tertiary/aromatic N) is 3. The Labute approximate surface area is 192 Å². The van der Waals surface area contributed by atoms with Crippen LogP contribution in [-0.2, 0) is 6.42 Å². The predicted octanol–water partition coefficient (Wildman–Crippen LogP) is 4.59. The summed E-state index contributed by atoms with van der Waals surface area (Å²) >= 11 is 5.98. The van der Waals surface area contributed by atoms with Crippen LogP contribution in [0.2, 0.25) is 5.02 Å². The highest BCUT2D eigenvalue weighted by Crippen LogP contribution is 2.15. The van der Waals surface area contributed by atoms with Gasteiger partial charge in [-0.3, -0.25) is 15.6 Å². The Morgan fingerprint density at radius 2 is 1.75 bits per heavy atom. The molecule has 1 heterocycles. The molecule has 0 saturated carbocycles. The summed E-state index contributed by atoms with van der Waals surface area (Å²) in [5, 5.41) is 8.98. The quantitative estimate of drug-likeness (QED) is 0.375. The number of halogens is 1. The highest BCUT2D eigenvalue weighted by atomic mass is 35.5. The van der Waals surface area contributed by atoms with Crippen LogP contribution in [0.1, 0.15) is 17.0 Å². The van der Waals surface area contributed by atoms with Crippen LogP contribution in [0.4, 0.5) is 16.4 Å². The summed E-state index contributed by atoms with van der Waals surface area (Å²) < 4.78 is 5.18. The first-order valence-electron chi connectivity index (χ1n) is 10.0. The smallest absolute Gasteiger partial charge is 0.326 e. The Bertz CT molecular complexity index is 1080. The SMILES string of the molecule is COc1ccc(CCN=C(NC(=O)Nc2cccc(Cl)c2)Nc2nc(C)cc(C)n2)cc1. The molecule has 2 aromatic carbocycles. The van der Waals surface area contributed by atoms with Crippen molar-refractivity contribution in [2.45, 2.75) is 20.3 Å². The zero-order chi connectivity index (χ0) is 22.9. The number of aromatic nitrogens is 2. The lowest BCUT2D eigenvalue weighted by Crippen LogP contribution is -2.39. The topological polar surface area (TPSA) is 101 Å². The Morgan fingerprint density at radius 1 is 1.03 bits per heavy atom. The fourth-order valence-corrected chi connectivity index (χ4v) is 3.11. The van der Waals surface area contributed by atoms with Crippen molar-refractivity contribution in [1.29, 1.82) is 0 Å². The number of hydrogen-bond donors (Lipinski definition) is 3. The van der Waals surface area contributed by atoms with Crippen LogP contribution in [-0.4, -0.2) is 35.6 Å². The van der Waals surface area contributed by atoms with Gasteiger partial charge in [-0.15, -0.1) is 0 Å². The van der Waals surface area contributed by atoms with E-state index in [4.69, 9.17) is 16.3 Å². The summed E-state index contributed by atoms with van der Waals surface area (Å²) in [6.07, 6.45) is 0.681. The predicted molar refractivity (Wildman–Crippen MR) is 128 cm³/mol. The number of benzene rings is 2. The Balaban J connectivity index is 1.71. The van der Waals surface area contributed by atoms with Gasteiger partial charge >= 0.3 is 6.03 Å². The maximum atomic E-state index is 12.5. The normalized spacial score (nSPS) is 11.1. The molecular weight excluding hydrogens is 428 g/mol. The molecule has 1 aromatic heterocycles. The molecule has 0 bridgehead atoms. The number of ether oxygens (including phenoxy) is 1. The van der Waals surface area contributed by atoms with E-state index in [1.165, 1.54) is 0 Å². The van der Waals surface area contributed by atoms with E-state index in [2.05, 4.69) is 30.9 Å². The summed E-state index contributed by atoms with van der Waals surface area (Å²) in [5.74, 6) is 1.39. The number of amides is 2. The maximum Gasteiger partial charge on any atom is 0.326 e. The first-order chi connectivity index (χ1) is 15.4. The number of methoxy groups -OCH3 is 1. The number of aliphatic imine (C=N–C) groups is 1. The van der Waals surface area contributed by atoms with Crippen molar-refractivity contribution in [3.05, 3.63) is 76.6 Å². The minimum atomic E-state index is -0.465. The molecule has 9 heteroatoms. The van der Waals surface area contributed by atoms with Gasteiger partial charge in [0.15, 0.2) is 0 Å². The van der Waals surface area contributed by atoms with E-state index in [0.717, 1.165) is 22.7 Å². The van der Waals surface area contributed by atoms with Gasteiger partial charge in [-0.05, 0) is 62.2 Å². The second kappa shape index (κ2) is 11.1. The molecule has 0 spiro atoms. The van der Waals surface area contributed by atoms with E-state index in [0.29, 0.717) is 29.6 Å². The highest BCUT2D eigenvalue weighted by molar-refractivity contribution is 6.30. The third-order valence-electron chi connectivity index (χ3n) is 4.36. The monoisotopic (exact) mass is 452 g/mol. The zero-order valence-corrected chi connectivity index (χ0v) is 18.9. The average molecular weight is 453 g/mol.